The molecule has 1 fully saturated rings. The lowest BCUT2D eigenvalue weighted by atomic mass is 9.97. The zero-order valence-electron chi connectivity index (χ0n) is 15.8. The normalized spacial score (nSPS) is 17.6. The Bertz CT molecular complexity index is 968. The van der Waals surface area contributed by atoms with Gasteiger partial charge in [0.1, 0.15) is 11.9 Å². The predicted octanol–water partition coefficient (Wildman–Crippen LogP) is 2.55. The number of aliphatic hydroxyl groups is 1. The van der Waals surface area contributed by atoms with Gasteiger partial charge in [-0.3, -0.25) is 4.79 Å². The molecule has 1 aliphatic heterocycles. The van der Waals surface area contributed by atoms with E-state index >= 15 is 0 Å². The molecule has 0 spiro atoms. The van der Waals surface area contributed by atoms with Crippen LogP contribution in [-0.2, 0) is 21.0 Å². The SMILES string of the molecule is O=C(NCC(O)c1ccco1)C1CCN(S(=O)(=O)c2cccc(C(F)(F)F)c2)CC1. The molecule has 0 radical (unpaired) electrons. The first-order chi connectivity index (χ1) is 14.1. The van der Waals surface area contributed by atoms with Crippen molar-refractivity contribution in [1.29, 1.82) is 0 Å². The Morgan fingerprint density at radius 3 is 2.53 bits per heavy atom. The number of rotatable bonds is 6. The molecule has 1 amide bonds. The monoisotopic (exact) mass is 446 g/mol. The van der Waals surface area contributed by atoms with Crippen molar-refractivity contribution in [2.24, 2.45) is 5.92 Å². The lowest BCUT2D eigenvalue weighted by Crippen LogP contribution is -2.43. The van der Waals surface area contributed by atoms with E-state index in [-0.39, 0.29) is 38.4 Å². The third kappa shape index (κ3) is 5.02. The molecular formula is C19H21F3N2O5S. The number of carbonyl (C=O) groups is 1. The van der Waals surface area contributed by atoms with Crippen molar-refractivity contribution >= 4 is 15.9 Å². The molecule has 1 aromatic heterocycles. The number of carbonyl (C=O) groups excluding carboxylic acids is 1. The van der Waals surface area contributed by atoms with Crippen LogP contribution >= 0.6 is 0 Å². The molecule has 0 aliphatic carbocycles. The Morgan fingerprint density at radius 1 is 1.23 bits per heavy atom. The van der Waals surface area contributed by atoms with Crippen LogP contribution < -0.4 is 5.32 Å². The van der Waals surface area contributed by atoms with Gasteiger partial charge >= 0.3 is 6.18 Å². The van der Waals surface area contributed by atoms with Crippen LogP contribution in [-0.4, -0.2) is 43.4 Å². The van der Waals surface area contributed by atoms with E-state index in [1.165, 1.54) is 6.26 Å². The number of benzene rings is 1. The maximum absolute atomic E-state index is 12.9. The van der Waals surface area contributed by atoms with Gasteiger partial charge in [0.2, 0.25) is 15.9 Å². The molecule has 164 valence electrons. The Kier molecular flexibility index (Phi) is 6.53. The zero-order valence-corrected chi connectivity index (χ0v) is 16.6. The van der Waals surface area contributed by atoms with Gasteiger partial charge in [-0.2, -0.15) is 17.5 Å². The number of hydrogen-bond donors (Lipinski definition) is 2. The molecule has 7 nitrogen and oxygen atoms in total. The van der Waals surface area contributed by atoms with Crippen LogP contribution in [0.5, 0.6) is 0 Å². The highest BCUT2D eigenvalue weighted by molar-refractivity contribution is 7.89. The van der Waals surface area contributed by atoms with E-state index in [9.17, 15) is 31.5 Å². The number of alkyl halides is 3. The molecule has 1 unspecified atom stereocenters. The number of sulfonamides is 1. The highest BCUT2D eigenvalue weighted by Gasteiger charge is 2.35. The average molecular weight is 446 g/mol. The van der Waals surface area contributed by atoms with Crippen LogP contribution in [0.15, 0.2) is 52.0 Å². The number of piperidine rings is 1. The number of aliphatic hydroxyl groups excluding tert-OH is 1. The number of halogens is 3. The van der Waals surface area contributed by atoms with Gasteiger partial charge in [-0.25, -0.2) is 8.42 Å². The lowest BCUT2D eigenvalue weighted by Gasteiger charge is -2.30. The Morgan fingerprint density at radius 2 is 1.93 bits per heavy atom. The van der Waals surface area contributed by atoms with Crippen molar-refractivity contribution in [3.8, 4) is 0 Å². The van der Waals surface area contributed by atoms with Crippen molar-refractivity contribution in [3.05, 3.63) is 54.0 Å². The number of furan rings is 1. The number of amides is 1. The van der Waals surface area contributed by atoms with Crippen molar-refractivity contribution in [2.45, 2.75) is 30.0 Å². The van der Waals surface area contributed by atoms with E-state index in [1.807, 2.05) is 0 Å². The summed E-state index contributed by atoms with van der Waals surface area (Å²) in [6.07, 6.45) is -3.79. The molecule has 2 aromatic rings. The van der Waals surface area contributed by atoms with Gasteiger partial charge in [0.05, 0.1) is 23.3 Å². The molecule has 1 atom stereocenters. The van der Waals surface area contributed by atoms with Gasteiger partial charge in [0, 0.05) is 19.0 Å². The zero-order chi connectivity index (χ0) is 21.9. The summed E-state index contributed by atoms with van der Waals surface area (Å²) in [6, 6.07) is 6.80. The molecule has 0 bridgehead atoms. The fraction of sp³-hybridized carbons (Fsp3) is 0.421. The summed E-state index contributed by atoms with van der Waals surface area (Å²) in [7, 11) is -4.10. The van der Waals surface area contributed by atoms with E-state index in [2.05, 4.69) is 5.32 Å². The third-order valence-corrected chi connectivity index (χ3v) is 6.86. The quantitative estimate of drug-likeness (QED) is 0.711. The first-order valence-corrected chi connectivity index (χ1v) is 10.7. The van der Waals surface area contributed by atoms with Crippen LogP contribution in [0.2, 0.25) is 0 Å². The molecule has 1 aliphatic rings. The van der Waals surface area contributed by atoms with E-state index < -0.39 is 38.7 Å². The summed E-state index contributed by atoms with van der Waals surface area (Å²) in [4.78, 5) is 11.9. The smallest absolute Gasteiger partial charge is 0.416 e. The average Bonchev–Trinajstić information content (AvgIpc) is 3.26. The molecule has 2 heterocycles. The molecule has 1 aromatic carbocycles. The first-order valence-electron chi connectivity index (χ1n) is 9.25. The second-order valence-corrected chi connectivity index (χ2v) is 8.92. The number of nitrogens with one attached hydrogen (secondary N) is 1. The standard InChI is InChI=1S/C19H21F3N2O5S/c20-19(21,22)14-3-1-4-15(11-14)30(27,28)24-8-6-13(7-9-24)18(26)23-12-16(25)17-5-2-10-29-17/h1-5,10-11,13,16,25H,6-9,12H2,(H,23,26). The van der Waals surface area contributed by atoms with Crippen molar-refractivity contribution < 1.29 is 35.9 Å². The fourth-order valence-electron chi connectivity index (χ4n) is 3.26. The largest absolute Gasteiger partial charge is 0.467 e. The van der Waals surface area contributed by atoms with E-state index in [4.69, 9.17) is 4.42 Å². The molecule has 2 N–H and O–H groups in total. The third-order valence-electron chi connectivity index (χ3n) is 4.97. The van der Waals surface area contributed by atoms with Crippen molar-refractivity contribution in [2.75, 3.05) is 19.6 Å². The van der Waals surface area contributed by atoms with Gasteiger partial charge in [-0.1, -0.05) is 6.07 Å². The summed E-state index contributed by atoms with van der Waals surface area (Å²) >= 11 is 0. The van der Waals surface area contributed by atoms with Crippen LogP contribution in [0.25, 0.3) is 0 Å². The topological polar surface area (TPSA) is 99.8 Å². The second-order valence-electron chi connectivity index (χ2n) is 6.98. The van der Waals surface area contributed by atoms with E-state index in [0.29, 0.717) is 11.8 Å². The van der Waals surface area contributed by atoms with Gasteiger partial charge in [0.25, 0.3) is 0 Å². The first kappa shape index (κ1) is 22.3. The highest BCUT2D eigenvalue weighted by atomic mass is 32.2. The number of nitrogens with zero attached hydrogens (tertiary/aromatic N) is 1. The van der Waals surface area contributed by atoms with E-state index in [1.54, 1.807) is 12.1 Å². The molecule has 30 heavy (non-hydrogen) atoms. The fourth-order valence-corrected chi connectivity index (χ4v) is 4.78. The van der Waals surface area contributed by atoms with E-state index in [0.717, 1.165) is 22.5 Å². The van der Waals surface area contributed by atoms with Crippen LogP contribution in [0.4, 0.5) is 13.2 Å². The number of hydrogen-bond acceptors (Lipinski definition) is 5. The maximum Gasteiger partial charge on any atom is 0.416 e. The Hall–Kier alpha value is -2.37. The van der Waals surface area contributed by atoms with Crippen molar-refractivity contribution in [3.63, 3.8) is 0 Å². The summed E-state index contributed by atoms with van der Waals surface area (Å²) < 4.78 is 70.2. The molecule has 3 rings (SSSR count). The second kappa shape index (κ2) is 8.78. The molecule has 0 saturated carbocycles. The molecule has 1 saturated heterocycles. The summed E-state index contributed by atoms with van der Waals surface area (Å²) in [5.74, 6) is -0.462. The van der Waals surface area contributed by atoms with Gasteiger partial charge in [-0.15, -0.1) is 0 Å². The summed E-state index contributed by atoms with van der Waals surface area (Å²) in [5, 5.41) is 12.5. The summed E-state index contributed by atoms with van der Waals surface area (Å²) in [6.45, 7) is -0.0239. The summed E-state index contributed by atoms with van der Waals surface area (Å²) in [5.41, 5.74) is -1.03. The maximum atomic E-state index is 12.9. The predicted molar refractivity (Wildman–Crippen MR) is 99.6 cm³/mol. The van der Waals surface area contributed by atoms with Crippen LogP contribution in [0.3, 0.4) is 0 Å². The molecule has 11 heteroatoms. The Labute approximate surface area is 171 Å². The van der Waals surface area contributed by atoms with Crippen LogP contribution in [0.1, 0.15) is 30.3 Å². The minimum atomic E-state index is -4.64. The van der Waals surface area contributed by atoms with Gasteiger partial charge < -0.3 is 14.8 Å². The van der Waals surface area contributed by atoms with Crippen molar-refractivity contribution in [1.82, 2.24) is 9.62 Å². The highest BCUT2D eigenvalue weighted by Crippen LogP contribution is 2.32. The minimum absolute atomic E-state index is 0.0113. The lowest BCUT2D eigenvalue weighted by molar-refractivity contribution is -0.137. The Balaban J connectivity index is 1.57. The minimum Gasteiger partial charge on any atom is -0.467 e. The van der Waals surface area contributed by atoms with Crippen LogP contribution in [0, 0.1) is 5.92 Å². The van der Waals surface area contributed by atoms with Gasteiger partial charge in [0.15, 0.2) is 0 Å². The van der Waals surface area contributed by atoms with Gasteiger partial charge in [-0.05, 0) is 43.2 Å². The molecular weight excluding hydrogens is 425 g/mol.